The summed E-state index contributed by atoms with van der Waals surface area (Å²) in [5.74, 6) is 0.618. The molecular weight excluding hydrogens is 338 g/mol. The molecule has 5 heteroatoms. The van der Waals surface area contributed by atoms with Crippen molar-refractivity contribution in [2.45, 2.75) is 26.2 Å². The van der Waals surface area contributed by atoms with E-state index in [1.165, 1.54) is 0 Å². The highest BCUT2D eigenvalue weighted by molar-refractivity contribution is 6.30. The van der Waals surface area contributed by atoms with Crippen LogP contribution in [0.2, 0.25) is 5.02 Å². The van der Waals surface area contributed by atoms with E-state index in [0.29, 0.717) is 28.3 Å². The number of hydrogen-bond donors (Lipinski definition) is 2. The number of hydrogen-bond acceptors (Lipinski definition) is 3. The average Bonchev–Trinajstić information content (AvgIpc) is 2.57. The molecule has 0 fully saturated rings. The van der Waals surface area contributed by atoms with E-state index in [-0.39, 0.29) is 11.3 Å². The van der Waals surface area contributed by atoms with Gasteiger partial charge in [0.05, 0.1) is 12.6 Å². The summed E-state index contributed by atoms with van der Waals surface area (Å²) in [5, 5.41) is 11.4. The van der Waals surface area contributed by atoms with Crippen LogP contribution in [0.5, 0.6) is 11.5 Å². The molecule has 0 aliphatic heterocycles. The van der Waals surface area contributed by atoms with Crippen molar-refractivity contribution >= 4 is 22.5 Å². The summed E-state index contributed by atoms with van der Waals surface area (Å²) < 4.78 is 5.46. The Morgan fingerprint density at radius 1 is 1.20 bits per heavy atom. The molecule has 0 saturated carbocycles. The molecule has 3 aromatic rings. The fraction of sp³-hybridized carbons (Fsp3) is 0.250. The Morgan fingerprint density at radius 3 is 2.68 bits per heavy atom. The van der Waals surface area contributed by atoms with Gasteiger partial charge in [-0.3, -0.25) is 4.79 Å². The van der Waals surface area contributed by atoms with Gasteiger partial charge in [-0.2, -0.15) is 0 Å². The number of benzene rings is 2. The minimum Gasteiger partial charge on any atom is -0.508 e. The van der Waals surface area contributed by atoms with Gasteiger partial charge in [-0.1, -0.05) is 37.1 Å². The molecule has 0 spiro atoms. The molecule has 25 heavy (non-hydrogen) atoms. The van der Waals surface area contributed by atoms with Crippen molar-refractivity contribution in [1.29, 1.82) is 0 Å². The molecule has 0 amide bonds. The molecular formula is C20H20ClNO3. The molecule has 1 aromatic heterocycles. The maximum Gasteiger partial charge on any atom is 0.252 e. The van der Waals surface area contributed by atoms with Crippen molar-refractivity contribution in [3.63, 3.8) is 0 Å². The Bertz CT molecular complexity index is 979. The molecule has 0 radical (unpaired) electrons. The van der Waals surface area contributed by atoms with E-state index in [1.54, 1.807) is 19.2 Å². The number of aromatic hydroxyl groups is 1. The Labute approximate surface area is 151 Å². The van der Waals surface area contributed by atoms with Gasteiger partial charge >= 0.3 is 0 Å². The van der Waals surface area contributed by atoms with Crippen LogP contribution in [0.3, 0.4) is 0 Å². The predicted molar refractivity (Wildman–Crippen MR) is 101 cm³/mol. The lowest BCUT2D eigenvalue weighted by Gasteiger charge is -2.15. The summed E-state index contributed by atoms with van der Waals surface area (Å²) in [5.41, 5.74) is 3.08. The van der Waals surface area contributed by atoms with Crippen LogP contribution in [0, 0.1) is 0 Å². The summed E-state index contributed by atoms with van der Waals surface area (Å²) in [4.78, 5) is 15.6. The molecule has 0 unspecified atom stereocenters. The molecule has 3 rings (SSSR count). The van der Waals surface area contributed by atoms with E-state index in [1.807, 2.05) is 24.3 Å². The van der Waals surface area contributed by atoms with Crippen molar-refractivity contribution in [3.05, 3.63) is 68.5 Å². The van der Waals surface area contributed by atoms with Crippen LogP contribution in [-0.4, -0.2) is 17.2 Å². The first kappa shape index (κ1) is 17.4. The molecule has 0 bridgehead atoms. The summed E-state index contributed by atoms with van der Waals surface area (Å²) in [7, 11) is 1.56. The normalized spacial score (nSPS) is 11.0. The molecule has 4 nitrogen and oxygen atoms in total. The number of phenols is 1. The number of aromatic amines is 1. The first-order valence-corrected chi connectivity index (χ1v) is 8.60. The number of nitrogens with one attached hydrogen (secondary N) is 1. The second kappa shape index (κ2) is 7.19. The summed E-state index contributed by atoms with van der Waals surface area (Å²) >= 11 is 6.08. The molecule has 0 atom stereocenters. The first-order valence-electron chi connectivity index (χ1n) is 8.22. The zero-order valence-corrected chi connectivity index (χ0v) is 15.0. The monoisotopic (exact) mass is 357 g/mol. The maximum absolute atomic E-state index is 12.7. The largest absolute Gasteiger partial charge is 0.508 e. The van der Waals surface area contributed by atoms with Crippen LogP contribution in [0.1, 0.15) is 30.0 Å². The number of rotatable bonds is 5. The second-order valence-electron chi connectivity index (χ2n) is 6.04. The van der Waals surface area contributed by atoms with Crippen molar-refractivity contribution in [2.75, 3.05) is 7.11 Å². The predicted octanol–water partition coefficient (Wildman–Crippen LogP) is 4.44. The van der Waals surface area contributed by atoms with Crippen molar-refractivity contribution < 1.29 is 9.84 Å². The average molecular weight is 358 g/mol. The van der Waals surface area contributed by atoms with Crippen LogP contribution in [-0.2, 0) is 12.8 Å². The third-order valence-corrected chi connectivity index (χ3v) is 4.50. The van der Waals surface area contributed by atoms with Gasteiger partial charge in [0.1, 0.15) is 11.5 Å². The fourth-order valence-corrected chi connectivity index (χ4v) is 3.43. The second-order valence-corrected chi connectivity index (χ2v) is 6.47. The lowest BCUT2D eigenvalue weighted by molar-refractivity contribution is 0.412. The smallest absolute Gasteiger partial charge is 0.252 e. The standard InChI is InChI=1S/C20H20ClNO3/c1-3-5-15-16(9-12-6-4-7-13(21)8-12)20(24)22-17-10-14(23)11-18(25-2)19(15)17/h4,6-8,10-11,23H,3,5,9H2,1-2H3,(H,22,24). The van der Waals surface area contributed by atoms with Gasteiger partial charge < -0.3 is 14.8 Å². The highest BCUT2D eigenvalue weighted by Crippen LogP contribution is 2.33. The fourth-order valence-electron chi connectivity index (χ4n) is 3.22. The van der Waals surface area contributed by atoms with Gasteiger partial charge in [0.25, 0.3) is 5.56 Å². The van der Waals surface area contributed by atoms with Gasteiger partial charge in [-0.25, -0.2) is 0 Å². The van der Waals surface area contributed by atoms with Gasteiger partial charge in [-0.05, 0) is 29.7 Å². The van der Waals surface area contributed by atoms with E-state index < -0.39 is 0 Å². The minimum atomic E-state index is -0.149. The number of aromatic nitrogens is 1. The number of aryl methyl sites for hydroxylation is 1. The molecule has 0 aliphatic rings. The van der Waals surface area contributed by atoms with E-state index in [0.717, 1.165) is 29.4 Å². The zero-order valence-electron chi connectivity index (χ0n) is 14.2. The van der Waals surface area contributed by atoms with Crippen molar-refractivity contribution in [1.82, 2.24) is 4.98 Å². The Hall–Kier alpha value is -2.46. The van der Waals surface area contributed by atoms with E-state index in [9.17, 15) is 9.90 Å². The lowest BCUT2D eigenvalue weighted by Crippen LogP contribution is -2.17. The van der Waals surface area contributed by atoms with Crippen LogP contribution in [0.4, 0.5) is 0 Å². The molecule has 1 heterocycles. The topological polar surface area (TPSA) is 62.3 Å². The first-order chi connectivity index (χ1) is 12.0. The third-order valence-electron chi connectivity index (χ3n) is 4.27. The highest BCUT2D eigenvalue weighted by Gasteiger charge is 2.17. The van der Waals surface area contributed by atoms with E-state index in [2.05, 4.69) is 11.9 Å². The molecule has 0 saturated heterocycles. The Balaban J connectivity index is 2.27. The zero-order chi connectivity index (χ0) is 18.0. The van der Waals surface area contributed by atoms with Crippen LogP contribution in [0.25, 0.3) is 10.9 Å². The molecule has 0 aliphatic carbocycles. The van der Waals surface area contributed by atoms with Gasteiger partial charge in [-0.15, -0.1) is 0 Å². The number of H-pyrrole nitrogens is 1. The number of fused-ring (bicyclic) bond motifs is 1. The Kier molecular flexibility index (Phi) is 5.00. The van der Waals surface area contributed by atoms with Gasteiger partial charge in [0, 0.05) is 34.5 Å². The number of halogens is 1. The minimum absolute atomic E-state index is 0.0602. The van der Waals surface area contributed by atoms with Crippen LogP contribution < -0.4 is 10.3 Å². The molecule has 2 aromatic carbocycles. The Morgan fingerprint density at radius 2 is 2.00 bits per heavy atom. The highest BCUT2D eigenvalue weighted by atomic mass is 35.5. The lowest BCUT2D eigenvalue weighted by atomic mass is 9.94. The summed E-state index contributed by atoms with van der Waals surface area (Å²) in [6.07, 6.45) is 2.13. The van der Waals surface area contributed by atoms with Crippen molar-refractivity contribution in [2.24, 2.45) is 0 Å². The molecule has 2 N–H and O–H groups in total. The van der Waals surface area contributed by atoms with Gasteiger partial charge in [0.15, 0.2) is 0 Å². The van der Waals surface area contributed by atoms with Gasteiger partial charge in [0.2, 0.25) is 0 Å². The van der Waals surface area contributed by atoms with Crippen molar-refractivity contribution in [3.8, 4) is 11.5 Å². The van der Waals surface area contributed by atoms with E-state index in [4.69, 9.17) is 16.3 Å². The maximum atomic E-state index is 12.7. The SMILES string of the molecule is CCCc1c(Cc2cccc(Cl)c2)c(=O)[nH]c2cc(O)cc(OC)c12. The number of phenolic OH excluding ortho intramolecular Hbond substituents is 1. The summed E-state index contributed by atoms with van der Waals surface area (Å²) in [6.45, 7) is 2.07. The van der Waals surface area contributed by atoms with E-state index >= 15 is 0 Å². The van der Waals surface area contributed by atoms with Crippen LogP contribution >= 0.6 is 11.6 Å². The number of methoxy groups -OCH3 is 1. The molecule has 130 valence electrons. The number of pyridine rings is 1. The van der Waals surface area contributed by atoms with Crippen LogP contribution in [0.15, 0.2) is 41.2 Å². The quantitative estimate of drug-likeness (QED) is 0.709. The third kappa shape index (κ3) is 3.49. The summed E-state index contributed by atoms with van der Waals surface area (Å²) in [6, 6.07) is 10.7. The number of ether oxygens (including phenoxy) is 1.